The first-order valence-corrected chi connectivity index (χ1v) is 3.56. The van der Waals surface area contributed by atoms with E-state index in [0.29, 0.717) is 5.69 Å². The van der Waals surface area contributed by atoms with E-state index in [0.717, 1.165) is 11.5 Å². The van der Waals surface area contributed by atoms with Crippen molar-refractivity contribution in [1.29, 1.82) is 0 Å². The van der Waals surface area contributed by atoms with Gasteiger partial charge < -0.3 is 5.11 Å². The van der Waals surface area contributed by atoms with E-state index in [1.807, 2.05) is 0 Å². The minimum atomic E-state index is -1.43. The summed E-state index contributed by atoms with van der Waals surface area (Å²) in [6.07, 6.45) is -0.175. The van der Waals surface area contributed by atoms with Crippen LogP contribution in [0.5, 0.6) is 0 Å². The van der Waals surface area contributed by atoms with Crippen molar-refractivity contribution in [2.45, 2.75) is 6.42 Å². The Morgan fingerprint density at radius 3 is 2.82 bits per heavy atom. The zero-order valence-electron chi connectivity index (χ0n) is 5.35. The number of rotatable bonds is 3. The van der Waals surface area contributed by atoms with Gasteiger partial charge in [-0.05, 0) is 11.5 Å². The molecule has 0 atom stereocenters. The summed E-state index contributed by atoms with van der Waals surface area (Å²) in [6.45, 7) is 0. The highest BCUT2D eigenvalue weighted by Crippen LogP contribution is 1.98. The van der Waals surface area contributed by atoms with Gasteiger partial charge in [0.1, 0.15) is 0 Å². The van der Waals surface area contributed by atoms with E-state index in [1.165, 1.54) is 0 Å². The van der Waals surface area contributed by atoms with Crippen LogP contribution >= 0.6 is 11.5 Å². The minimum Gasteiger partial charge on any atom is -0.475 e. The van der Waals surface area contributed by atoms with Crippen LogP contribution in [0.4, 0.5) is 0 Å². The molecule has 0 saturated heterocycles. The zero-order chi connectivity index (χ0) is 8.27. The number of aromatic nitrogens is 2. The predicted octanol–water partition coefficient (Wildman–Crippen LogP) is -0.266. The van der Waals surface area contributed by atoms with Crippen molar-refractivity contribution in [3.8, 4) is 0 Å². The maximum atomic E-state index is 10.5. The number of Topliss-reactive ketones (excluding diaryl/α,β-unsaturated/α-hetero) is 1. The van der Waals surface area contributed by atoms with Gasteiger partial charge in [0.15, 0.2) is 0 Å². The van der Waals surface area contributed by atoms with Gasteiger partial charge in [-0.25, -0.2) is 4.79 Å². The zero-order valence-corrected chi connectivity index (χ0v) is 6.17. The molecule has 5 nitrogen and oxygen atoms in total. The van der Waals surface area contributed by atoms with Crippen LogP contribution in [0.15, 0.2) is 5.38 Å². The van der Waals surface area contributed by atoms with Crippen LogP contribution in [0.25, 0.3) is 0 Å². The fraction of sp³-hybridized carbons (Fsp3) is 0.200. The van der Waals surface area contributed by atoms with Crippen molar-refractivity contribution in [2.75, 3.05) is 0 Å². The predicted molar refractivity (Wildman–Crippen MR) is 36.3 cm³/mol. The third-order valence-corrected chi connectivity index (χ3v) is 1.54. The lowest BCUT2D eigenvalue weighted by molar-refractivity contribution is -0.148. The number of ketones is 1. The Hall–Kier alpha value is -1.30. The Kier molecular flexibility index (Phi) is 2.27. The van der Waals surface area contributed by atoms with E-state index in [2.05, 4.69) is 9.59 Å². The number of nitrogens with zero attached hydrogens (tertiary/aromatic N) is 2. The maximum absolute atomic E-state index is 10.5. The maximum Gasteiger partial charge on any atom is 0.372 e. The lowest BCUT2D eigenvalue weighted by atomic mass is 10.2. The van der Waals surface area contributed by atoms with E-state index in [4.69, 9.17) is 5.11 Å². The molecule has 1 rings (SSSR count). The fourth-order valence-corrected chi connectivity index (χ4v) is 0.952. The molecule has 58 valence electrons. The number of carboxylic acids is 1. The van der Waals surface area contributed by atoms with Crippen LogP contribution in [-0.4, -0.2) is 26.4 Å². The smallest absolute Gasteiger partial charge is 0.372 e. The van der Waals surface area contributed by atoms with Crippen LogP contribution in [-0.2, 0) is 16.0 Å². The second-order valence-electron chi connectivity index (χ2n) is 1.80. The molecule has 1 aromatic heterocycles. The molecule has 6 heteroatoms. The normalized spacial score (nSPS) is 9.45. The van der Waals surface area contributed by atoms with Gasteiger partial charge in [0.05, 0.1) is 12.1 Å². The molecule has 0 bridgehead atoms. The highest BCUT2D eigenvalue weighted by Gasteiger charge is 2.13. The van der Waals surface area contributed by atoms with Gasteiger partial charge in [0, 0.05) is 5.38 Å². The molecule has 1 heterocycles. The Labute approximate surface area is 65.8 Å². The highest BCUT2D eigenvalue weighted by molar-refractivity contribution is 7.03. The molecule has 0 fully saturated rings. The number of carbonyl (C=O) groups is 2. The molecule has 0 unspecified atom stereocenters. The first kappa shape index (κ1) is 7.80. The summed E-state index contributed by atoms with van der Waals surface area (Å²) in [4.78, 5) is 20.6. The standard InChI is InChI=1S/C5H4N2O3S/c8-4(5(9)10)1-3-2-11-7-6-3/h2H,1H2,(H,9,10). The Morgan fingerprint density at radius 1 is 1.64 bits per heavy atom. The summed E-state index contributed by atoms with van der Waals surface area (Å²) in [5.74, 6) is -2.30. The molecule has 0 amide bonds. The van der Waals surface area contributed by atoms with Crippen LogP contribution in [0.3, 0.4) is 0 Å². The molecular formula is C5H4N2O3S. The van der Waals surface area contributed by atoms with Crippen molar-refractivity contribution >= 4 is 23.3 Å². The summed E-state index contributed by atoms with van der Waals surface area (Å²) in [5, 5.41) is 13.3. The minimum absolute atomic E-state index is 0.175. The SMILES string of the molecule is O=C(O)C(=O)Cc1csnn1. The molecule has 11 heavy (non-hydrogen) atoms. The van der Waals surface area contributed by atoms with Crippen LogP contribution in [0, 0.1) is 0 Å². The highest BCUT2D eigenvalue weighted by atomic mass is 32.1. The molecule has 0 aromatic carbocycles. The van der Waals surface area contributed by atoms with E-state index < -0.39 is 11.8 Å². The lowest BCUT2D eigenvalue weighted by Crippen LogP contribution is -2.15. The third-order valence-electron chi connectivity index (χ3n) is 0.985. The average Bonchev–Trinajstić information content (AvgIpc) is 2.39. The van der Waals surface area contributed by atoms with Crippen LogP contribution in [0.1, 0.15) is 5.69 Å². The van der Waals surface area contributed by atoms with E-state index >= 15 is 0 Å². The summed E-state index contributed by atoms with van der Waals surface area (Å²) >= 11 is 1.09. The molecule has 0 saturated carbocycles. The molecule has 0 aliphatic heterocycles. The van der Waals surface area contributed by atoms with Gasteiger partial charge in [0.25, 0.3) is 0 Å². The van der Waals surface area contributed by atoms with E-state index in [9.17, 15) is 9.59 Å². The van der Waals surface area contributed by atoms with Crippen LogP contribution < -0.4 is 0 Å². The number of carbonyl (C=O) groups excluding carboxylic acids is 1. The van der Waals surface area contributed by atoms with Crippen molar-refractivity contribution in [1.82, 2.24) is 9.59 Å². The van der Waals surface area contributed by atoms with Gasteiger partial charge in [-0.15, -0.1) is 5.10 Å². The third kappa shape index (κ3) is 2.08. The van der Waals surface area contributed by atoms with Crippen molar-refractivity contribution in [2.24, 2.45) is 0 Å². The van der Waals surface area contributed by atoms with Gasteiger partial charge >= 0.3 is 5.97 Å². The molecule has 0 radical (unpaired) electrons. The molecule has 1 N–H and O–H groups in total. The van der Waals surface area contributed by atoms with Gasteiger partial charge in [-0.1, -0.05) is 4.49 Å². The molecule has 0 spiro atoms. The van der Waals surface area contributed by atoms with E-state index in [-0.39, 0.29) is 6.42 Å². The lowest BCUT2D eigenvalue weighted by Gasteiger charge is -1.87. The molecular weight excluding hydrogens is 168 g/mol. The van der Waals surface area contributed by atoms with Gasteiger partial charge in [0.2, 0.25) is 5.78 Å². The molecule has 0 aliphatic carbocycles. The monoisotopic (exact) mass is 172 g/mol. The largest absolute Gasteiger partial charge is 0.475 e. The fourth-order valence-electron chi connectivity index (χ4n) is 0.501. The summed E-state index contributed by atoms with van der Waals surface area (Å²) in [7, 11) is 0. The summed E-state index contributed by atoms with van der Waals surface area (Å²) in [6, 6.07) is 0. The Bertz CT molecular complexity index is 269. The molecule has 1 aromatic rings. The molecule has 0 aliphatic rings. The number of carboxylic acid groups (broad SMARTS) is 1. The first-order valence-electron chi connectivity index (χ1n) is 2.72. The van der Waals surface area contributed by atoms with Crippen molar-refractivity contribution < 1.29 is 14.7 Å². The number of aliphatic carboxylic acids is 1. The van der Waals surface area contributed by atoms with Crippen LogP contribution in [0.2, 0.25) is 0 Å². The van der Waals surface area contributed by atoms with Gasteiger partial charge in [-0.2, -0.15) is 0 Å². The summed E-state index contributed by atoms with van der Waals surface area (Å²) < 4.78 is 3.48. The average molecular weight is 172 g/mol. The number of hydrogen-bond donors (Lipinski definition) is 1. The first-order chi connectivity index (χ1) is 5.20. The van der Waals surface area contributed by atoms with Crippen molar-refractivity contribution in [3.63, 3.8) is 0 Å². The topological polar surface area (TPSA) is 80.1 Å². The second kappa shape index (κ2) is 3.20. The summed E-state index contributed by atoms with van der Waals surface area (Å²) in [5.41, 5.74) is 0.405. The Morgan fingerprint density at radius 2 is 2.36 bits per heavy atom. The Balaban J connectivity index is 2.57. The van der Waals surface area contributed by atoms with Gasteiger partial charge in [-0.3, -0.25) is 4.79 Å². The number of hydrogen-bond acceptors (Lipinski definition) is 5. The van der Waals surface area contributed by atoms with E-state index in [1.54, 1.807) is 5.38 Å². The second-order valence-corrected chi connectivity index (χ2v) is 2.41. The van der Waals surface area contributed by atoms with Crippen molar-refractivity contribution in [3.05, 3.63) is 11.1 Å². The quantitative estimate of drug-likeness (QED) is 0.635.